The zero-order valence-corrected chi connectivity index (χ0v) is 11.2. The first-order chi connectivity index (χ1) is 9.22. The summed E-state index contributed by atoms with van der Waals surface area (Å²) in [5, 5.41) is 9.10. The summed E-state index contributed by atoms with van der Waals surface area (Å²) >= 11 is 0. The largest absolute Gasteiger partial charge is 0.402 e. The molecule has 0 unspecified atom stereocenters. The first kappa shape index (κ1) is 16.9. The minimum Gasteiger partial charge on any atom is -0.395 e. The van der Waals surface area contributed by atoms with Gasteiger partial charge in [-0.25, -0.2) is 0 Å². The molecule has 3 N–H and O–H groups in total. The maximum atomic E-state index is 11.9. The van der Waals surface area contributed by atoms with E-state index in [1.807, 2.05) is 4.72 Å². The predicted molar refractivity (Wildman–Crippen MR) is 67.1 cm³/mol. The quantitative estimate of drug-likeness (QED) is 0.689. The predicted octanol–water partition coefficient (Wildman–Crippen LogP) is 0.576. The Morgan fingerprint density at radius 1 is 1.20 bits per heavy atom. The molecule has 0 aliphatic rings. The SMILES string of the molecule is O=S(=O)(NCC(F)(F)F)N[C@H](CO)Cc1ccccc1. The Morgan fingerprint density at radius 2 is 1.80 bits per heavy atom. The van der Waals surface area contributed by atoms with Crippen molar-refractivity contribution >= 4 is 10.2 Å². The Balaban J connectivity index is 2.59. The number of alkyl halides is 3. The summed E-state index contributed by atoms with van der Waals surface area (Å²) in [4.78, 5) is 0. The van der Waals surface area contributed by atoms with Crippen LogP contribution in [-0.4, -0.2) is 38.9 Å². The average molecular weight is 312 g/mol. The molecule has 0 aliphatic carbocycles. The van der Waals surface area contributed by atoms with Crippen molar-refractivity contribution in [1.82, 2.24) is 9.44 Å². The highest BCUT2D eigenvalue weighted by Crippen LogP contribution is 2.12. The van der Waals surface area contributed by atoms with Gasteiger partial charge in [-0.1, -0.05) is 30.3 Å². The van der Waals surface area contributed by atoms with E-state index < -0.39 is 35.6 Å². The van der Waals surface area contributed by atoms with Crippen LogP contribution < -0.4 is 9.44 Å². The van der Waals surface area contributed by atoms with Crippen LogP contribution in [0.15, 0.2) is 30.3 Å². The summed E-state index contributed by atoms with van der Waals surface area (Å²) in [5.41, 5.74) is 0.755. The fraction of sp³-hybridized carbons (Fsp3) is 0.455. The van der Waals surface area contributed by atoms with Crippen LogP contribution in [0, 0.1) is 0 Å². The molecule has 114 valence electrons. The van der Waals surface area contributed by atoms with Crippen LogP contribution >= 0.6 is 0 Å². The molecule has 5 nitrogen and oxygen atoms in total. The van der Waals surface area contributed by atoms with Gasteiger partial charge in [-0.2, -0.15) is 31.0 Å². The molecule has 0 saturated carbocycles. The van der Waals surface area contributed by atoms with Gasteiger partial charge in [0.25, 0.3) is 10.2 Å². The van der Waals surface area contributed by atoms with Crippen LogP contribution in [0.1, 0.15) is 5.56 Å². The van der Waals surface area contributed by atoms with Gasteiger partial charge in [0, 0.05) is 0 Å². The molecule has 9 heteroatoms. The van der Waals surface area contributed by atoms with E-state index in [1.54, 1.807) is 30.3 Å². The first-order valence-electron chi connectivity index (χ1n) is 5.70. The Bertz CT molecular complexity index is 505. The second-order valence-electron chi connectivity index (χ2n) is 4.13. The summed E-state index contributed by atoms with van der Waals surface area (Å²) in [5.74, 6) is 0. The van der Waals surface area contributed by atoms with E-state index in [9.17, 15) is 21.6 Å². The van der Waals surface area contributed by atoms with Crippen molar-refractivity contribution in [3.05, 3.63) is 35.9 Å². The monoisotopic (exact) mass is 312 g/mol. The smallest absolute Gasteiger partial charge is 0.395 e. The van der Waals surface area contributed by atoms with Gasteiger partial charge in [0.2, 0.25) is 0 Å². The van der Waals surface area contributed by atoms with Crippen LogP contribution in [0.25, 0.3) is 0 Å². The highest BCUT2D eigenvalue weighted by atomic mass is 32.2. The van der Waals surface area contributed by atoms with Crippen LogP contribution in [0.5, 0.6) is 0 Å². The summed E-state index contributed by atoms with van der Waals surface area (Å²) in [6.45, 7) is -2.19. The van der Waals surface area contributed by atoms with Crippen LogP contribution in [0.2, 0.25) is 0 Å². The van der Waals surface area contributed by atoms with E-state index in [4.69, 9.17) is 5.11 Å². The molecule has 1 aromatic carbocycles. The maximum absolute atomic E-state index is 11.9. The fourth-order valence-corrected chi connectivity index (χ4v) is 2.51. The minimum atomic E-state index is -4.64. The number of halogens is 3. The van der Waals surface area contributed by atoms with E-state index in [-0.39, 0.29) is 6.42 Å². The van der Waals surface area contributed by atoms with Gasteiger partial charge in [0.15, 0.2) is 0 Å². The van der Waals surface area contributed by atoms with Crippen molar-refractivity contribution in [2.75, 3.05) is 13.2 Å². The molecule has 0 fully saturated rings. The molecule has 0 heterocycles. The van der Waals surface area contributed by atoms with E-state index >= 15 is 0 Å². The van der Waals surface area contributed by atoms with Crippen molar-refractivity contribution in [2.45, 2.75) is 18.6 Å². The molecule has 20 heavy (non-hydrogen) atoms. The van der Waals surface area contributed by atoms with Crippen molar-refractivity contribution < 1.29 is 26.7 Å². The lowest BCUT2D eigenvalue weighted by Crippen LogP contribution is -2.47. The Kier molecular flexibility index (Phi) is 5.93. The Hall–Kier alpha value is -1.16. The highest BCUT2D eigenvalue weighted by Gasteiger charge is 2.30. The molecule has 0 bridgehead atoms. The number of hydrogen-bond donors (Lipinski definition) is 3. The minimum absolute atomic E-state index is 0.171. The summed E-state index contributed by atoms with van der Waals surface area (Å²) in [6.07, 6.45) is -4.47. The molecule has 0 aromatic heterocycles. The van der Waals surface area contributed by atoms with Crippen molar-refractivity contribution in [2.24, 2.45) is 0 Å². The van der Waals surface area contributed by atoms with Crippen LogP contribution in [0.4, 0.5) is 13.2 Å². The van der Waals surface area contributed by atoms with Gasteiger partial charge in [0.1, 0.15) is 6.54 Å². The standard InChI is InChI=1S/C11H15F3N2O3S/c12-11(13,14)8-15-20(18,19)16-10(7-17)6-9-4-2-1-3-5-9/h1-5,10,15-17H,6-8H2/t10-/m0/s1. The van der Waals surface area contributed by atoms with E-state index in [1.165, 1.54) is 4.72 Å². The number of nitrogens with one attached hydrogen (secondary N) is 2. The molecule has 1 aromatic rings. The van der Waals surface area contributed by atoms with Gasteiger partial charge in [-0.3, -0.25) is 0 Å². The third kappa shape index (κ3) is 6.85. The number of rotatable bonds is 7. The number of benzene rings is 1. The number of hydrogen-bond acceptors (Lipinski definition) is 3. The van der Waals surface area contributed by atoms with E-state index in [0.717, 1.165) is 5.56 Å². The molecule has 1 atom stereocenters. The van der Waals surface area contributed by atoms with E-state index in [2.05, 4.69) is 0 Å². The van der Waals surface area contributed by atoms with Crippen LogP contribution in [0.3, 0.4) is 0 Å². The average Bonchev–Trinajstić information content (AvgIpc) is 2.36. The number of aliphatic hydroxyl groups excluding tert-OH is 1. The van der Waals surface area contributed by atoms with Crippen molar-refractivity contribution in [1.29, 1.82) is 0 Å². The molecule has 0 radical (unpaired) electrons. The molecular formula is C11H15F3N2O3S. The Labute approximate surface area is 115 Å². The Morgan fingerprint density at radius 3 is 2.30 bits per heavy atom. The van der Waals surface area contributed by atoms with Gasteiger partial charge in [-0.15, -0.1) is 0 Å². The summed E-state index contributed by atoms with van der Waals surface area (Å²) < 4.78 is 62.0. The topological polar surface area (TPSA) is 78.4 Å². The third-order valence-corrected chi connectivity index (χ3v) is 3.50. The highest BCUT2D eigenvalue weighted by molar-refractivity contribution is 7.87. The first-order valence-corrected chi connectivity index (χ1v) is 7.18. The molecule has 0 aliphatic heterocycles. The van der Waals surface area contributed by atoms with Gasteiger partial charge in [-0.05, 0) is 12.0 Å². The normalized spacial score (nSPS) is 14.2. The van der Waals surface area contributed by atoms with E-state index in [0.29, 0.717) is 0 Å². The third-order valence-electron chi connectivity index (χ3n) is 2.33. The second kappa shape index (κ2) is 7.02. The number of aliphatic hydroxyl groups is 1. The lowest BCUT2D eigenvalue weighted by atomic mass is 10.1. The van der Waals surface area contributed by atoms with Gasteiger partial charge >= 0.3 is 6.18 Å². The van der Waals surface area contributed by atoms with Crippen LogP contribution in [-0.2, 0) is 16.6 Å². The molecule has 1 rings (SSSR count). The summed E-state index contributed by atoms with van der Waals surface area (Å²) in [6, 6.07) is 7.79. The lowest BCUT2D eigenvalue weighted by molar-refractivity contribution is -0.121. The van der Waals surface area contributed by atoms with Gasteiger partial charge < -0.3 is 5.11 Å². The molecule has 0 saturated heterocycles. The zero-order chi connectivity index (χ0) is 15.2. The van der Waals surface area contributed by atoms with Gasteiger partial charge in [0.05, 0.1) is 12.6 Å². The summed E-state index contributed by atoms with van der Waals surface area (Å²) in [7, 11) is -4.33. The second-order valence-corrected chi connectivity index (χ2v) is 5.66. The fourth-order valence-electron chi connectivity index (χ4n) is 1.48. The van der Waals surface area contributed by atoms with Crippen molar-refractivity contribution in [3.63, 3.8) is 0 Å². The molecule has 0 spiro atoms. The molecule has 0 amide bonds. The maximum Gasteiger partial charge on any atom is 0.402 e. The lowest BCUT2D eigenvalue weighted by Gasteiger charge is -2.17. The zero-order valence-electron chi connectivity index (χ0n) is 10.4. The molecular weight excluding hydrogens is 297 g/mol. The van der Waals surface area contributed by atoms with Crippen molar-refractivity contribution in [3.8, 4) is 0 Å².